The minimum Gasteiger partial charge on any atom is -0.399 e. The highest BCUT2D eigenvalue weighted by atomic mass is 16.2. The Morgan fingerprint density at radius 1 is 1.00 bits per heavy atom. The van der Waals surface area contributed by atoms with Gasteiger partial charge in [-0.3, -0.25) is 4.90 Å². The van der Waals surface area contributed by atoms with E-state index < -0.39 is 0 Å². The Hall–Kier alpha value is -2.82. The summed E-state index contributed by atoms with van der Waals surface area (Å²) in [4.78, 5) is 15.6. The summed E-state index contributed by atoms with van der Waals surface area (Å²) >= 11 is 0. The van der Waals surface area contributed by atoms with Gasteiger partial charge >= 0.3 is 6.03 Å². The van der Waals surface area contributed by atoms with E-state index in [9.17, 15) is 4.79 Å². The predicted octanol–water partition coefficient (Wildman–Crippen LogP) is 5.85. The van der Waals surface area contributed by atoms with E-state index in [0.29, 0.717) is 24.1 Å². The van der Waals surface area contributed by atoms with Crippen LogP contribution in [0.15, 0.2) is 47.6 Å². The first-order valence-corrected chi connectivity index (χ1v) is 11.3. The van der Waals surface area contributed by atoms with E-state index in [1.807, 2.05) is 29.2 Å². The van der Waals surface area contributed by atoms with E-state index in [-0.39, 0.29) is 6.03 Å². The summed E-state index contributed by atoms with van der Waals surface area (Å²) in [5.74, 6) is 0.989. The van der Waals surface area contributed by atoms with Crippen molar-refractivity contribution in [1.29, 1.82) is 0 Å². The van der Waals surface area contributed by atoms with E-state index >= 15 is 0 Å². The maximum atomic E-state index is 13.8. The summed E-state index contributed by atoms with van der Waals surface area (Å²) in [7, 11) is 0. The van der Waals surface area contributed by atoms with Crippen LogP contribution in [0.3, 0.4) is 0 Å². The number of nitrogens with two attached hydrogens (primary N) is 1. The van der Waals surface area contributed by atoms with Gasteiger partial charge in [0.25, 0.3) is 0 Å². The number of hydrogen-bond acceptors (Lipinski definition) is 3. The molecule has 2 aromatic rings. The van der Waals surface area contributed by atoms with Gasteiger partial charge in [0.2, 0.25) is 0 Å². The van der Waals surface area contributed by atoms with Gasteiger partial charge in [-0.2, -0.15) is 5.10 Å². The number of nitrogens with zero attached hydrogens (tertiary/aromatic N) is 3. The number of aryl methyl sites for hydroxylation is 1. The van der Waals surface area contributed by atoms with Crippen molar-refractivity contribution < 1.29 is 4.79 Å². The molecule has 1 aliphatic heterocycles. The van der Waals surface area contributed by atoms with Crippen LogP contribution >= 0.6 is 0 Å². The first-order chi connectivity index (χ1) is 14.6. The standard InChI is InChI=1S/C25H30N4O/c1-17-7-14-22-23(15-17)29(21-12-10-20(26)11-13-21)25(30)28(16-18-8-9-18)27-24(22)19-5-3-2-4-6-19/h7,10-15,18-19H,2-6,8-9,16,26H2,1H3. The zero-order chi connectivity index (χ0) is 20.7. The normalized spacial score (nSPS) is 20.0. The molecule has 2 aliphatic carbocycles. The second-order valence-corrected chi connectivity index (χ2v) is 9.08. The zero-order valence-electron chi connectivity index (χ0n) is 17.7. The Morgan fingerprint density at radius 3 is 2.43 bits per heavy atom. The third-order valence-electron chi connectivity index (χ3n) is 6.58. The van der Waals surface area contributed by atoms with Crippen LogP contribution < -0.4 is 10.6 Å². The molecule has 0 aromatic heterocycles. The number of carbonyl (C=O) groups is 1. The fourth-order valence-electron chi connectivity index (χ4n) is 4.70. The van der Waals surface area contributed by atoms with Gasteiger partial charge in [0, 0.05) is 23.7 Å². The number of amides is 2. The molecule has 2 aromatic carbocycles. The second kappa shape index (κ2) is 7.78. The van der Waals surface area contributed by atoms with Crippen molar-refractivity contribution >= 4 is 28.8 Å². The van der Waals surface area contributed by atoms with Gasteiger partial charge in [-0.25, -0.2) is 9.80 Å². The summed E-state index contributed by atoms with van der Waals surface area (Å²) in [6.07, 6.45) is 8.45. The van der Waals surface area contributed by atoms with Gasteiger partial charge in [0.05, 0.1) is 17.1 Å². The van der Waals surface area contributed by atoms with E-state index in [4.69, 9.17) is 10.8 Å². The van der Waals surface area contributed by atoms with E-state index in [1.54, 1.807) is 5.01 Å². The van der Waals surface area contributed by atoms with Crippen LogP contribution in [-0.4, -0.2) is 23.3 Å². The van der Waals surface area contributed by atoms with E-state index in [0.717, 1.165) is 41.1 Å². The average molecular weight is 403 g/mol. The number of anilines is 3. The maximum Gasteiger partial charge on any atom is 0.349 e. The largest absolute Gasteiger partial charge is 0.399 e. The highest BCUT2D eigenvalue weighted by Gasteiger charge is 2.36. The molecule has 0 saturated heterocycles. The summed E-state index contributed by atoms with van der Waals surface area (Å²) in [6, 6.07) is 13.9. The first-order valence-electron chi connectivity index (χ1n) is 11.3. The zero-order valence-corrected chi connectivity index (χ0v) is 17.7. The number of nitrogen functional groups attached to an aromatic ring is 1. The molecule has 2 saturated carbocycles. The monoisotopic (exact) mass is 402 g/mol. The molecule has 0 unspecified atom stereocenters. The lowest BCUT2D eigenvalue weighted by Crippen LogP contribution is -2.38. The molecular formula is C25H30N4O. The summed E-state index contributed by atoms with van der Waals surface area (Å²) < 4.78 is 0. The highest BCUT2D eigenvalue weighted by molar-refractivity contribution is 6.14. The molecular weight excluding hydrogens is 372 g/mol. The van der Waals surface area contributed by atoms with Gasteiger partial charge < -0.3 is 5.73 Å². The van der Waals surface area contributed by atoms with Crippen LogP contribution in [0, 0.1) is 18.8 Å². The van der Waals surface area contributed by atoms with E-state index in [2.05, 4.69) is 25.1 Å². The lowest BCUT2D eigenvalue weighted by Gasteiger charge is -2.27. The number of hydrazone groups is 1. The van der Waals surface area contributed by atoms with Crippen LogP contribution in [0.25, 0.3) is 0 Å². The molecule has 1 heterocycles. The number of rotatable bonds is 4. The van der Waals surface area contributed by atoms with E-state index in [1.165, 1.54) is 32.1 Å². The van der Waals surface area contributed by atoms with Gasteiger partial charge in [-0.15, -0.1) is 0 Å². The van der Waals surface area contributed by atoms with Crippen LogP contribution in [0.2, 0.25) is 0 Å². The fraction of sp³-hybridized carbons (Fsp3) is 0.440. The lowest BCUT2D eigenvalue weighted by atomic mass is 9.82. The third kappa shape index (κ3) is 3.69. The minimum atomic E-state index is -0.0654. The van der Waals surface area contributed by atoms with Crippen molar-refractivity contribution in [3.8, 4) is 0 Å². The Bertz CT molecular complexity index is 971. The van der Waals surface area contributed by atoms with Crippen LogP contribution in [0.4, 0.5) is 21.9 Å². The van der Waals surface area contributed by atoms with Gasteiger partial charge in [-0.05, 0) is 74.4 Å². The molecule has 156 valence electrons. The van der Waals surface area contributed by atoms with Gasteiger partial charge in [0.15, 0.2) is 0 Å². The van der Waals surface area contributed by atoms with Crippen molar-refractivity contribution in [3.05, 3.63) is 53.6 Å². The molecule has 0 bridgehead atoms. The van der Waals surface area contributed by atoms with Crippen LogP contribution in [-0.2, 0) is 0 Å². The third-order valence-corrected chi connectivity index (χ3v) is 6.58. The lowest BCUT2D eigenvalue weighted by molar-refractivity contribution is 0.207. The van der Waals surface area contributed by atoms with Crippen molar-refractivity contribution in [2.24, 2.45) is 16.9 Å². The first kappa shape index (κ1) is 19.2. The molecule has 5 nitrogen and oxygen atoms in total. The Kier molecular flexibility index (Phi) is 4.97. The van der Waals surface area contributed by atoms with Crippen molar-refractivity contribution in [3.63, 3.8) is 0 Å². The van der Waals surface area contributed by atoms with Gasteiger partial charge in [0.1, 0.15) is 0 Å². The number of fused-ring (bicyclic) bond motifs is 1. The average Bonchev–Trinajstić information content (AvgIpc) is 3.58. The smallest absolute Gasteiger partial charge is 0.349 e. The predicted molar refractivity (Wildman–Crippen MR) is 122 cm³/mol. The molecule has 3 aliphatic rings. The summed E-state index contributed by atoms with van der Waals surface area (Å²) in [5.41, 5.74) is 11.7. The molecule has 0 radical (unpaired) electrons. The van der Waals surface area contributed by atoms with Crippen LogP contribution in [0.1, 0.15) is 56.1 Å². The number of urea groups is 1. The molecule has 2 N–H and O–H groups in total. The molecule has 0 atom stereocenters. The minimum absolute atomic E-state index is 0.0654. The molecule has 5 rings (SSSR count). The second-order valence-electron chi connectivity index (χ2n) is 9.08. The number of benzene rings is 2. The fourth-order valence-corrected chi connectivity index (χ4v) is 4.70. The topological polar surface area (TPSA) is 61.9 Å². The molecule has 5 heteroatoms. The van der Waals surface area contributed by atoms with Crippen molar-refractivity contribution in [2.75, 3.05) is 17.2 Å². The number of carbonyl (C=O) groups excluding carboxylic acids is 1. The molecule has 2 amide bonds. The summed E-state index contributed by atoms with van der Waals surface area (Å²) in [6.45, 7) is 2.78. The Labute approximate surface area is 178 Å². The van der Waals surface area contributed by atoms with Gasteiger partial charge in [-0.1, -0.05) is 31.4 Å². The quantitative estimate of drug-likeness (QED) is 0.653. The maximum absolute atomic E-state index is 13.8. The summed E-state index contributed by atoms with van der Waals surface area (Å²) in [5, 5.41) is 6.80. The molecule has 30 heavy (non-hydrogen) atoms. The van der Waals surface area contributed by atoms with Crippen molar-refractivity contribution in [2.45, 2.75) is 51.9 Å². The Morgan fingerprint density at radius 2 is 1.73 bits per heavy atom. The SMILES string of the molecule is Cc1ccc2c(c1)N(c1ccc(N)cc1)C(=O)N(CC1CC1)N=C2C1CCCCC1. The van der Waals surface area contributed by atoms with Crippen LogP contribution in [0.5, 0.6) is 0 Å². The highest BCUT2D eigenvalue weighted by Crippen LogP contribution is 2.39. The Balaban J connectivity index is 1.66. The molecule has 0 spiro atoms. The number of hydrogen-bond donors (Lipinski definition) is 1. The molecule has 2 fully saturated rings. The van der Waals surface area contributed by atoms with Crippen molar-refractivity contribution in [1.82, 2.24) is 5.01 Å².